The molecule has 0 aliphatic rings. The average Bonchev–Trinajstić information content (AvgIpc) is 2.10. The first kappa shape index (κ1) is 10.5. The summed E-state index contributed by atoms with van der Waals surface area (Å²) < 4.78 is 13.1. The van der Waals surface area contributed by atoms with E-state index in [-0.39, 0.29) is 18.8 Å². The molecule has 0 amide bonds. The third-order valence-electron chi connectivity index (χ3n) is 1.78. The van der Waals surface area contributed by atoms with E-state index in [1.807, 2.05) is 6.92 Å². The Balaban J connectivity index is 2.57. The number of anilines is 1. The minimum atomic E-state index is -0.898. The normalized spacial score (nSPS) is 9.86. The molecule has 0 aliphatic heterocycles. The predicted molar refractivity (Wildman–Crippen MR) is 51.9 cm³/mol. The van der Waals surface area contributed by atoms with Gasteiger partial charge in [-0.05, 0) is 24.6 Å². The molecule has 14 heavy (non-hydrogen) atoms. The number of carboxylic acids is 1. The van der Waals surface area contributed by atoms with Crippen LogP contribution in [0.1, 0.15) is 12.0 Å². The molecule has 0 spiro atoms. The molecular formula is C10H12FNO2. The van der Waals surface area contributed by atoms with Crippen molar-refractivity contribution in [1.29, 1.82) is 0 Å². The van der Waals surface area contributed by atoms with Gasteiger partial charge in [0.2, 0.25) is 0 Å². The smallest absolute Gasteiger partial charge is 0.305 e. The van der Waals surface area contributed by atoms with Crippen molar-refractivity contribution in [3.8, 4) is 0 Å². The first-order valence-corrected chi connectivity index (χ1v) is 4.31. The van der Waals surface area contributed by atoms with Gasteiger partial charge in [0.25, 0.3) is 0 Å². The van der Waals surface area contributed by atoms with Crippen molar-refractivity contribution in [2.24, 2.45) is 0 Å². The topological polar surface area (TPSA) is 49.3 Å². The highest BCUT2D eigenvalue weighted by molar-refractivity contribution is 5.67. The summed E-state index contributed by atoms with van der Waals surface area (Å²) in [7, 11) is 0. The molecule has 4 heteroatoms. The molecular weight excluding hydrogens is 185 g/mol. The van der Waals surface area contributed by atoms with Gasteiger partial charge >= 0.3 is 5.97 Å². The lowest BCUT2D eigenvalue weighted by Crippen LogP contribution is -2.08. The third-order valence-corrected chi connectivity index (χ3v) is 1.78. The molecule has 0 aliphatic carbocycles. The van der Waals surface area contributed by atoms with Crippen LogP contribution in [0.2, 0.25) is 0 Å². The van der Waals surface area contributed by atoms with E-state index in [0.29, 0.717) is 5.69 Å². The number of hydrogen-bond acceptors (Lipinski definition) is 2. The highest BCUT2D eigenvalue weighted by atomic mass is 19.1. The number of halogens is 1. The summed E-state index contributed by atoms with van der Waals surface area (Å²) in [6.45, 7) is 2.08. The lowest BCUT2D eigenvalue weighted by Gasteiger charge is -2.06. The summed E-state index contributed by atoms with van der Waals surface area (Å²) >= 11 is 0. The quantitative estimate of drug-likeness (QED) is 0.776. The van der Waals surface area contributed by atoms with E-state index in [9.17, 15) is 9.18 Å². The highest BCUT2D eigenvalue weighted by Gasteiger charge is 2.02. The number of nitrogens with one attached hydrogen (secondary N) is 1. The number of aliphatic carboxylic acids is 1. The second-order valence-electron chi connectivity index (χ2n) is 3.05. The molecule has 2 N–H and O–H groups in total. The first-order valence-electron chi connectivity index (χ1n) is 4.31. The number of benzene rings is 1. The number of hydrogen-bond donors (Lipinski definition) is 2. The standard InChI is InChI=1S/C10H12FNO2/c1-7-2-3-8(11)9(6-7)12-5-4-10(13)14/h2-3,6,12H,4-5H2,1H3,(H,13,14). The van der Waals surface area contributed by atoms with Crippen molar-refractivity contribution < 1.29 is 14.3 Å². The molecule has 1 aromatic rings. The van der Waals surface area contributed by atoms with Gasteiger partial charge in [-0.3, -0.25) is 4.79 Å². The van der Waals surface area contributed by atoms with E-state index in [0.717, 1.165) is 5.56 Å². The zero-order chi connectivity index (χ0) is 10.6. The van der Waals surface area contributed by atoms with Crippen LogP contribution in [0.4, 0.5) is 10.1 Å². The zero-order valence-corrected chi connectivity index (χ0v) is 7.88. The van der Waals surface area contributed by atoms with Gasteiger partial charge < -0.3 is 10.4 Å². The van der Waals surface area contributed by atoms with Crippen LogP contribution in [0.25, 0.3) is 0 Å². The van der Waals surface area contributed by atoms with Crippen LogP contribution in [0.5, 0.6) is 0 Å². The van der Waals surface area contributed by atoms with E-state index >= 15 is 0 Å². The second-order valence-corrected chi connectivity index (χ2v) is 3.05. The zero-order valence-electron chi connectivity index (χ0n) is 7.88. The second kappa shape index (κ2) is 4.60. The number of carbonyl (C=O) groups is 1. The summed E-state index contributed by atoms with van der Waals surface area (Å²) in [6.07, 6.45) is -0.0205. The first-order chi connectivity index (χ1) is 6.59. The maximum Gasteiger partial charge on any atom is 0.305 e. The minimum absolute atomic E-state index is 0.0205. The van der Waals surface area contributed by atoms with Gasteiger partial charge in [0, 0.05) is 6.54 Å². The molecule has 0 bridgehead atoms. The Kier molecular flexibility index (Phi) is 3.45. The largest absolute Gasteiger partial charge is 0.481 e. The Hall–Kier alpha value is -1.58. The molecule has 1 rings (SSSR count). The molecule has 0 radical (unpaired) electrons. The molecule has 76 valence electrons. The lowest BCUT2D eigenvalue weighted by atomic mass is 10.2. The van der Waals surface area contributed by atoms with E-state index < -0.39 is 5.97 Å². The maximum absolute atomic E-state index is 13.1. The number of aryl methyl sites for hydroxylation is 1. The van der Waals surface area contributed by atoms with Crippen LogP contribution >= 0.6 is 0 Å². The molecule has 1 aromatic carbocycles. The van der Waals surface area contributed by atoms with Crippen LogP contribution in [0, 0.1) is 12.7 Å². The fourth-order valence-corrected chi connectivity index (χ4v) is 1.08. The minimum Gasteiger partial charge on any atom is -0.481 e. The highest BCUT2D eigenvalue weighted by Crippen LogP contribution is 2.15. The molecule has 0 unspecified atom stereocenters. The maximum atomic E-state index is 13.1. The lowest BCUT2D eigenvalue weighted by molar-refractivity contribution is -0.136. The van der Waals surface area contributed by atoms with Gasteiger partial charge in [-0.1, -0.05) is 6.07 Å². The van der Waals surface area contributed by atoms with E-state index in [4.69, 9.17) is 5.11 Å². The van der Waals surface area contributed by atoms with Crippen LogP contribution in [-0.2, 0) is 4.79 Å². The van der Waals surface area contributed by atoms with Crippen molar-refractivity contribution in [3.05, 3.63) is 29.6 Å². The van der Waals surface area contributed by atoms with Gasteiger partial charge in [0.1, 0.15) is 5.82 Å². The van der Waals surface area contributed by atoms with Crippen LogP contribution in [-0.4, -0.2) is 17.6 Å². The summed E-state index contributed by atoms with van der Waals surface area (Å²) in [5.74, 6) is -1.26. The predicted octanol–water partition coefficient (Wildman–Crippen LogP) is 2.02. The molecule has 0 aromatic heterocycles. The van der Waals surface area contributed by atoms with Crippen LogP contribution < -0.4 is 5.32 Å². The van der Waals surface area contributed by atoms with Crippen molar-refractivity contribution in [1.82, 2.24) is 0 Å². The van der Waals surface area contributed by atoms with Crippen molar-refractivity contribution in [3.63, 3.8) is 0 Å². The van der Waals surface area contributed by atoms with Gasteiger partial charge in [0.15, 0.2) is 0 Å². The Labute approximate surface area is 81.6 Å². The Morgan fingerprint density at radius 3 is 2.93 bits per heavy atom. The van der Waals surface area contributed by atoms with E-state index in [1.54, 1.807) is 12.1 Å². The Morgan fingerprint density at radius 2 is 2.29 bits per heavy atom. The summed E-state index contributed by atoms with van der Waals surface area (Å²) in [4.78, 5) is 10.2. The van der Waals surface area contributed by atoms with Crippen LogP contribution in [0.3, 0.4) is 0 Å². The van der Waals surface area contributed by atoms with Crippen molar-refractivity contribution >= 4 is 11.7 Å². The van der Waals surface area contributed by atoms with Gasteiger partial charge in [-0.15, -0.1) is 0 Å². The molecule has 0 saturated carbocycles. The molecule has 0 atom stereocenters. The number of rotatable bonds is 4. The molecule has 0 heterocycles. The van der Waals surface area contributed by atoms with Gasteiger partial charge in [-0.25, -0.2) is 4.39 Å². The summed E-state index contributed by atoms with van der Waals surface area (Å²) in [5, 5.41) is 11.1. The molecule has 0 fully saturated rings. The average molecular weight is 197 g/mol. The fourth-order valence-electron chi connectivity index (χ4n) is 1.08. The summed E-state index contributed by atoms with van der Waals surface area (Å²) in [5.41, 5.74) is 1.29. The van der Waals surface area contributed by atoms with Gasteiger partial charge in [0.05, 0.1) is 12.1 Å². The Bertz CT molecular complexity index is 339. The fraction of sp³-hybridized carbons (Fsp3) is 0.300. The van der Waals surface area contributed by atoms with Crippen molar-refractivity contribution in [2.45, 2.75) is 13.3 Å². The van der Waals surface area contributed by atoms with E-state index in [1.165, 1.54) is 6.07 Å². The van der Waals surface area contributed by atoms with Crippen LogP contribution in [0.15, 0.2) is 18.2 Å². The third kappa shape index (κ3) is 3.05. The molecule has 3 nitrogen and oxygen atoms in total. The SMILES string of the molecule is Cc1ccc(F)c(NCCC(=O)O)c1. The Morgan fingerprint density at radius 1 is 1.57 bits per heavy atom. The van der Waals surface area contributed by atoms with Gasteiger partial charge in [-0.2, -0.15) is 0 Å². The van der Waals surface area contributed by atoms with E-state index in [2.05, 4.69) is 5.32 Å². The molecule has 0 saturated heterocycles. The summed E-state index contributed by atoms with van der Waals surface area (Å²) in [6, 6.07) is 4.67. The van der Waals surface area contributed by atoms with Crippen molar-refractivity contribution in [2.75, 3.05) is 11.9 Å². The monoisotopic (exact) mass is 197 g/mol. The number of carboxylic acid groups (broad SMARTS) is 1.